The molecule has 0 amide bonds. The van der Waals surface area contributed by atoms with Crippen LogP contribution >= 0.6 is 0 Å². The van der Waals surface area contributed by atoms with Crippen molar-refractivity contribution < 1.29 is 52.3 Å². The first kappa shape index (κ1) is 33.0. The summed E-state index contributed by atoms with van der Waals surface area (Å²) >= 11 is 0. The number of ether oxygens (including phenoxy) is 7. The highest BCUT2D eigenvalue weighted by Crippen LogP contribution is 2.23. The van der Waals surface area contributed by atoms with Crippen LogP contribution in [0.15, 0.2) is 61.2 Å². The first-order chi connectivity index (χ1) is 19.5. The molecule has 0 aliphatic carbocycles. The Kier molecular flexibility index (Phi) is 13.0. The standard InChI is InChI=1S/C30H36O11/c1-7-25(31)37-18-8-9-19-38-29(34)41-24-16-12-22(13-17-24)28(33)40-23-14-10-21(11-15-23)27(32)39-20(2)26(35-5)30(3,4)36-6/h7,10-17,20,26H,1,8-9,18-19H2,2-6H3/t20?,26-/m1/s1. The second-order valence-electron chi connectivity index (χ2n) is 9.29. The summed E-state index contributed by atoms with van der Waals surface area (Å²) in [5.74, 6) is -1.33. The van der Waals surface area contributed by atoms with E-state index in [0.29, 0.717) is 12.8 Å². The molecule has 1 unspecified atom stereocenters. The Morgan fingerprint density at radius 1 is 0.805 bits per heavy atom. The minimum Gasteiger partial charge on any atom is -0.463 e. The van der Waals surface area contributed by atoms with Crippen LogP contribution in [-0.2, 0) is 28.5 Å². The Labute approximate surface area is 239 Å². The highest BCUT2D eigenvalue weighted by molar-refractivity contribution is 5.92. The lowest BCUT2D eigenvalue weighted by atomic mass is 9.97. The number of hydrogen-bond acceptors (Lipinski definition) is 11. The zero-order chi connectivity index (χ0) is 30.4. The van der Waals surface area contributed by atoms with Gasteiger partial charge in [0.1, 0.15) is 23.7 Å². The Morgan fingerprint density at radius 3 is 1.83 bits per heavy atom. The smallest absolute Gasteiger partial charge is 0.463 e. The second kappa shape index (κ2) is 16.1. The Hall–Kier alpha value is -4.22. The van der Waals surface area contributed by atoms with Gasteiger partial charge in [-0.2, -0.15) is 0 Å². The molecule has 2 rings (SSSR count). The molecule has 0 bridgehead atoms. The molecule has 0 spiro atoms. The summed E-state index contributed by atoms with van der Waals surface area (Å²) in [6.45, 7) is 8.97. The van der Waals surface area contributed by atoms with Crippen molar-refractivity contribution in [1.82, 2.24) is 0 Å². The summed E-state index contributed by atoms with van der Waals surface area (Å²) in [5, 5.41) is 0. The lowest BCUT2D eigenvalue weighted by molar-refractivity contribution is -0.138. The molecule has 0 heterocycles. The minimum atomic E-state index is -0.906. The molecule has 0 aliphatic heterocycles. The van der Waals surface area contributed by atoms with Gasteiger partial charge in [0.05, 0.1) is 29.9 Å². The molecule has 0 saturated heterocycles. The van der Waals surface area contributed by atoms with E-state index in [0.717, 1.165) is 6.08 Å². The molecule has 0 N–H and O–H groups in total. The van der Waals surface area contributed by atoms with Crippen molar-refractivity contribution in [2.75, 3.05) is 27.4 Å². The van der Waals surface area contributed by atoms with Crippen LogP contribution in [0.4, 0.5) is 4.79 Å². The maximum Gasteiger partial charge on any atom is 0.513 e. The van der Waals surface area contributed by atoms with E-state index in [1.165, 1.54) is 55.6 Å². The number of unbranched alkanes of at least 4 members (excludes halogenated alkanes) is 1. The lowest BCUT2D eigenvalue weighted by Gasteiger charge is -2.35. The predicted molar refractivity (Wildman–Crippen MR) is 147 cm³/mol. The monoisotopic (exact) mass is 572 g/mol. The van der Waals surface area contributed by atoms with Crippen LogP contribution < -0.4 is 9.47 Å². The Balaban J connectivity index is 1.82. The van der Waals surface area contributed by atoms with E-state index in [1.807, 2.05) is 13.8 Å². The van der Waals surface area contributed by atoms with E-state index in [9.17, 15) is 19.2 Å². The molecule has 0 aliphatic rings. The summed E-state index contributed by atoms with van der Waals surface area (Å²) in [6, 6.07) is 11.6. The van der Waals surface area contributed by atoms with E-state index >= 15 is 0 Å². The number of esters is 3. The van der Waals surface area contributed by atoms with Crippen molar-refractivity contribution >= 4 is 24.1 Å². The number of carbonyl (C=O) groups is 4. The molecule has 0 aromatic heterocycles. The quantitative estimate of drug-likeness (QED) is 0.0719. The van der Waals surface area contributed by atoms with Crippen molar-refractivity contribution in [3.63, 3.8) is 0 Å². The van der Waals surface area contributed by atoms with E-state index < -0.39 is 41.9 Å². The normalized spacial score (nSPS) is 12.4. The Bertz CT molecular complexity index is 1170. The number of hydrogen-bond donors (Lipinski definition) is 0. The van der Waals surface area contributed by atoms with Crippen LogP contribution in [0.3, 0.4) is 0 Å². The maximum absolute atomic E-state index is 12.6. The molecule has 222 valence electrons. The summed E-state index contributed by atoms with van der Waals surface area (Å²) in [7, 11) is 3.07. The van der Waals surface area contributed by atoms with E-state index in [-0.39, 0.29) is 35.8 Å². The summed E-state index contributed by atoms with van der Waals surface area (Å²) in [6.07, 6.45) is 0.0727. The molecular weight excluding hydrogens is 536 g/mol. The average molecular weight is 573 g/mol. The van der Waals surface area contributed by atoms with Gasteiger partial charge in [-0.1, -0.05) is 6.58 Å². The minimum absolute atomic E-state index is 0.0874. The zero-order valence-corrected chi connectivity index (χ0v) is 23.9. The van der Waals surface area contributed by atoms with Crippen LogP contribution in [0.1, 0.15) is 54.3 Å². The van der Waals surface area contributed by atoms with Crippen LogP contribution in [0.2, 0.25) is 0 Å². The van der Waals surface area contributed by atoms with E-state index in [1.54, 1.807) is 14.0 Å². The van der Waals surface area contributed by atoms with Gasteiger partial charge in [0.15, 0.2) is 0 Å². The molecule has 11 heteroatoms. The molecule has 0 radical (unpaired) electrons. The third kappa shape index (κ3) is 10.7. The van der Waals surface area contributed by atoms with Crippen molar-refractivity contribution in [3.8, 4) is 11.5 Å². The number of benzene rings is 2. The van der Waals surface area contributed by atoms with Gasteiger partial charge in [-0.15, -0.1) is 0 Å². The molecule has 41 heavy (non-hydrogen) atoms. The van der Waals surface area contributed by atoms with Crippen molar-refractivity contribution in [2.24, 2.45) is 0 Å². The van der Waals surface area contributed by atoms with Crippen LogP contribution in [0.5, 0.6) is 11.5 Å². The lowest BCUT2D eigenvalue weighted by Crippen LogP contribution is -2.47. The van der Waals surface area contributed by atoms with Gasteiger partial charge in [-0.3, -0.25) is 0 Å². The predicted octanol–water partition coefficient (Wildman–Crippen LogP) is 4.92. The molecule has 0 fully saturated rings. The number of methoxy groups -OCH3 is 2. The highest BCUT2D eigenvalue weighted by Gasteiger charge is 2.36. The SMILES string of the molecule is C=CC(=O)OCCCCOC(=O)Oc1ccc(C(=O)Oc2ccc(C(=O)OC(C)[C@@H](OC)C(C)(C)OC)cc2)cc1. The fraction of sp³-hybridized carbons (Fsp3) is 0.400. The number of carbonyl (C=O) groups excluding carboxylic acids is 4. The van der Waals surface area contributed by atoms with Gasteiger partial charge < -0.3 is 33.2 Å². The fourth-order valence-corrected chi connectivity index (χ4v) is 3.66. The third-order valence-electron chi connectivity index (χ3n) is 5.95. The zero-order valence-electron chi connectivity index (χ0n) is 23.9. The maximum atomic E-state index is 12.6. The molecule has 2 aromatic carbocycles. The van der Waals surface area contributed by atoms with Gasteiger partial charge in [0.25, 0.3) is 0 Å². The van der Waals surface area contributed by atoms with Crippen LogP contribution in [0.25, 0.3) is 0 Å². The van der Waals surface area contributed by atoms with Crippen molar-refractivity contribution in [1.29, 1.82) is 0 Å². The Morgan fingerprint density at radius 2 is 1.32 bits per heavy atom. The third-order valence-corrected chi connectivity index (χ3v) is 5.95. The summed E-state index contributed by atoms with van der Waals surface area (Å²) in [4.78, 5) is 47.9. The second-order valence-corrected chi connectivity index (χ2v) is 9.29. The molecule has 0 saturated carbocycles. The van der Waals surface area contributed by atoms with Crippen molar-refractivity contribution in [3.05, 3.63) is 72.3 Å². The van der Waals surface area contributed by atoms with Crippen LogP contribution in [0, 0.1) is 0 Å². The van der Waals surface area contributed by atoms with Gasteiger partial charge in [-0.05, 0) is 82.1 Å². The summed E-state index contributed by atoms with van der Waals surface area (Å²) < 4.78 is 36.7. The summed E-state index contributed by atoms with van der Waals surface area (Å²) in [5.41, 5.74) is -0.194. The number of rotatable bonds is 15. The van der Waals surface area contributed by atoms with Gasteiger partial charge >= 0.3 is 24.1 Å². The molecule has 11 nitrogen and oxygen atoms in total. The first-order valence-corrected chi connectivity index (χ1v) is 12.9. The molecular formula is C30H36O11. The van der Waals surface area contributed by atoms with E-state index in [4.69, 9.17) is 33.2 Å². The van der Waals surface area contributed by atoms with Gasteiger partial charge in [0, 0.05) is 20.3 Å². The average Bonchev–Trinajstić information content (AvgIpc) is 2.95. The first-order valence-electron chi connectivity index (χ1n) is 12.9. The van der Waals surface area contributed by atoms with Crippen LogP contribution in [-0.4, -0.2) is 69.3 Å². The highest BCUT2D eigenvalue weighted by atomic mass is 16.7. The molecule has 2 atom stereocenters. The van der Waals surface area contributed by atoms with Gasteiger partial charge in [0.2, 0.25) is 0 Å². The largest absolute Gasteiger partial charge is 0.513 e. The van der Waals surface area contributed by atoms with Gasteiger partial charge in [-0.25, -0.2) is 19.2 Å². The van der Waals surface area contributed by atoms with E-state index in [2.05, 4.69) is 6.58 Å². The topological polar surface area (TPSA) is 133 Å². The molecule has 2 aromatic rings. The van der Waals surface area contributed by atoms with Crippen molar-refractivity contribution in [2.45, 2.75) is 51.4 Å². The fourth-order valence-electron chi connectivity index (χ4n) is 3.66.